The standard InChI is InChI=1S/C15H11BrFN/c1-2-11-4-3-5-14(8-11)18-10-12-9-13(16)6-7-15(12)17/h1,3-9,18H,10H2. The van der Waals surface area contributed by atoms with E-state index in [4.69, 9.17) is 6.42 Å². The Morgan fingerprint density at radius 2 is 2.06 bits per heavy atom. The fraction of sp³-hybridized carbons (Fsp3) is 0.0667. The van der Waals surface area contributed by atoms with Crippen LogP contribution in [0.4, 0.5) is 10.1 Å². The summed E-state index contributed by atoms with van der Waals surface area (Å²) in [5, 5.41) is 3.15. The number of halogens is 2. The summed E-state index contributed by atoms with van der Waals surface area (Å²) in [5.41, 5.74) is 2.29. The Bertz CT molecular complexity index is 602. The Morgan fingerprint density at radius 1 is 1.22 bits per heavy atom. The zero-order valence-corrected chi connectivity index (χ0v) is 11.2. The van der Waals surface area contributed by atoms with Crippen LogP contribution in [0.3, 0.4) is 0 Å². The summed E-state index contributed by atoms with van der Waals surface area (Å²) in [5.74, 6) is 2.34. The van der Waals surface area contributed by atoms with Gasteiger partial charge in [0.25, 0.3) is 0 Å². The van der Waals surface area contributed by atoms with Crippen molar-refractivity contribution in [1.82, 2.24) is 0 Å². The second kappa shape index (κ2) is 5.70. The summed E-state index contributed by atoms with van der Waals surface area (Å²) in [6.07, 6.45) is 5.33. The molecule has 2 aromatic carbocycles. The Labute approximate surface area is 114 Å². The smallest absolute Gasteiger partial charge is 0.128 e. The summed E-state index contributed by atoms with van der Waals surface area (Å²) in [4.78, 5) is 0. The number of anilines is 1. The first kappa shape index (κ1) is 12.7. The molecule has 90 valence electrons. The maximum absolute atomic E-state index is 13.5. The van der Waals surface area contributed by atoms with E-state index in [1.165, 1.54) is 6.07 Å². The number of terminal acetylenes is 1. The molecule has 1 N–H and O–H groups in total. The van der Waals surface area contributed by atoms with Crippen LogP contribution < -0.4 is 5.32 Å². The van der Waals surface area contributed by atoms with Gasteiger partial charge in [-0.15, -0.1) is 6.42 Å². The summed E-state index contributed by atoms with van der Waals surface area (Å²) < 4.78 is 14.4. The normalized spacial score (nSPS) is 9.83. The van der Waals surface area contributed by atoms with E-state index in [-0.39, 0.29) is 5.82 Å². The average Bonchev–Trinajstić information content (AvgIpc) is 2.40. The molecule has 0 aromatic heterocycles. The molecule has 0 amide bonds. The largest absolute Gasteiger partial charge is 0.381 e. The number of nitrogens with one attached hydrogen (secondary N) is 1. The van der Waals surface area contributed by atoms with E-state index in [0.717, 1.165) is 15.7 Å². The molecule has 2 rings (SSSR count). The molecule has 0 aliphatic heterocycles. The highest BCUT2D eigenvalue weighted by Crippen LogP contribution is 2.17. The third kappa shape index (κ3) is 3.12. The first-order chi connectivity index (χ1) is 8.69. The maximum Gasteiger partial charge on any atom is 0.128 e. The van der Waals surface area contributed by atoms with E-state index < -0.39 is 0 Å². The Balaban J connectivity index is 2.11. The minimum atomic E-state index is -0.223. The van der Waals surface area contributed by atoms with E-state index in [1.807, 2.05) is 24.3 Å². The van der Waals surface area contributed by atoms with Gasteiger partial charge in [0.1, 0.15) is 5.82 Å². The maximum atomic E-state index is 13.5. The second-order valence-corrected chi connectivity index (χ2v) is 4.73. The van der Waals surface area contributed by atoms with Crippen molar-refractivity contribution >= 4 is 21.6 Å². The molecule has 0 fully saturated rings. The van der Waals surface area contributed by atoms with Gasteiger partial charge in [-0.2, -0.15) is 0 Å². The lowest BCUT2D eigenvalue weighted by Crippen LogP contribution is -2.01. The van der Waals surface area contributed by atoms with Crippen molar-refractivity contribution in [3.05, 3.63) is 63.9 Å². The Kier molecular flexibility index (Phi) is 4.01. The van der Waals surface area contributed by atoms with Crippen LogP contribution in [0.1, 0.15) is 11.1 Å². The van der Waals surface area contributed by atoms with E-state index in [2.05, 4.69) is 27.2 Å². The van der Waals surface area contributed by atoms with Gasteiger partial charge in [0, 0.05) is 27.8 Å². The lowest BCUT2D eigenvalue weighted by molar-refractivity contribution is 0.612. The molecule has 0 aliphatic carbocycles. The number of hydrogen-bond acceptors (Lipinski definition) is 1. The van der Waals surface area contributed by atoms with Crippen LogP contribution >= 0.6 is 15.9 Å². The van der Waals surface area contributed by atoms with Crippen molar-refractivity contribution in [1.29, 1.82) is 0 Å². The molecule has 18 heavy (non-hydrogen) atoms. The van der Waals surface area contributed by atoms with Crippen LogP contribution in [0.2, 0.25) is 0 Å². The van der Waals surface area contributed by atoms with Crippen LogP contribution in [-0.4, -0.2) is 0 Å². The van der Waals surface area contributed by atoms with Gasteiger partial charge in [-0.25, -0.2) is 4.39 Å². The van der Waals surface area contributed by atoms with E-state index in [9.17, 15) is 4.39 Å². The third-order valence-electron chi connectivity index (χ3n) is 2.52. The van der Waals surface area contributed by atoms with Gasteiger partial charge >= 0.3 is 0 Å². The fourth-order valence-corrected chi connectivity index (χ4v) is 2.00. The molecular weight excluding hydrogens is 293 g/mol. The summed E-state index contributed by atoms with van der Waals surface area (Å²) in [7, 11) is 0. The van der Waals surface area contributed by atoms with Gasteiger partial charge < -0.3 is 5.32 Å². The molecule has 0 radical (unpaired) electrons. The highest BCUT2D eigenvalue weighted by atomic mass is 79.9. The molecule has 0 aliphatic rings. The van der Waals surface area contributed by atoms with Crippen molar-refractivity contribution in [2.45, 2.75) is 6.54 Å². The summed E-state index contributed by atoms with van der Waals surface area (Å²) in [6.45, 7) is 0.416. The molecule has 0 saturated carbocycles. The Morgan fingerprint density at radius 3 is 2.83 bits per heavy atom. The van der Waals surface area contributed by atoms with Crippen LogP contribution in [0.25, 0.3) is 0 Å². The lowest BCUT2D eigenvalue weighted by Gasteiger charge is -2.08. The van der Waals surface area contributed by atoms with Crippen molar-refractivity contribution in [2.24, 2.45) is 0 Å². The lowest BCUT2D eigenvalue weighted by atomic mass is 10.2. The van der Waals surface area contributed by atoms with E-state index in [1.54, 1.807) is 12.1 Å². The minimum absolute atomic E-state index is 0.223. The zero-order valence-electron chi connectivity index (χ0n) is 9.58. The fourth-order valence-electron chi connectivity index (χ4n) is 1.60. The molecule has 0 atom stereocenters. The quantitative estimate of drug-likeness (QED) is 0.839. The molecular formula is C15H11BrFN. The zero-order chi connectivity index (χ0) is 13.0. The Hall–Kier alpha value is -1.79. The van der Waals surface area contributed by atoms with Crippen molar-refractivity contribution in [2.75, 3.05) is 5.32 Å². The van der Waals surface area contributed by atoms with Crippen molar-refractivity contribution < 1.29 is 4.39 Å². The monoisotopic (exact) mass is 303 g/mol. The minimum Gasteiger partial charge on any atom is -0.381 e. The number of benzene rings is 2. The molecule has 0 saturated heterocycles. The van der Waals surface area contributed by atoms with Crippen molar-refractivity contribution in [3.63, 3.8) is 0 Å². The van der Waals surface area contributed by atoms with E-state index >= 15 is 0 Å². The van der Waals surface area contributed by atoms with Crippen LogP contribution in [0, 0.1) is 18.2 Å². The van der Waals surface area contributed by atoms with Crippen LogP contribution in [0.5, 0.6) is 0 Å². The van der Waals surface area contributed by atoms with Gasteiger partial charge in [-0.3, -0.25) is 0 Å². The topological polar surface area (TPSA) is 12.0 Å². The van der Waals surface area contributed by atoms with Gasteiger partial charge in [0.05, 0.1) is 0 Å². The highest BCUT2D eigenvalue weighted by molar-refractivity contribution is 9.10. The highest BCUT2D eigenvalue weighted by Gasteiger charge is 2.02. The third-order valence-corrected chi connectivity index (χ3v) is 3.01. The molecule has 0 unspecified atom stereocenters. The molecule has 0 spiro atoms. The SMILES string of the molecule is C#Cc1cccc(NCc2cc(Br)ccc2F)c1. The van der Waals surface area contributed by atoms with E-state index in [0.29, 0.717) is 12.1 Å². The summed E-state index contributed by atoms with van der Waals surface area (Å²) in [6, 6.07) is 12.4. The predicted octanol–water partition coefficient (Wildman–Crippen LogP) is 4.18. The molecule has 1 nitrogen and oxygen atoms in total. The van der Waals surface area contributed by atoms with Gasteiger partial charge in [-0.05, 0) is 36.4 Å². The molecule has 0 heterocycles. The predicted molar refractivity (Wildman–Crippen MR) is 75.8 cm³/mol. The van der Waals surface area contributed by atoms with Crippen molar-refractivity contribution in [3.8, 4) is 12.3 Å². The van der Waals surface area contributed by atoms with Gasteiger partial charge in [-0.1, -0.05) is 27.9 Å². The first-order valence-corrected chi connectivity index (χ1v) is 6.23. The molecule has 0 bridgehead atoms. The van der Waals surface area contributed by atoms with Gasteiger partial charge in [0.2, 0.25) is 0 Å². The summed E-state index contributed by atoms with van der Waals surface area (Å²) >= 11 is 3.32. The molecule has 2 aromatic rings. The first-order valence-electron chi connectivity index (χ1n) is 5.43. The average molecular weight is 304 g/mol. The number of rotatable bonds is 3. The molecule has 3 heteroatoms. The van der Waals surface area contributed by atoms with Crippen LogP contribution in [0.15, 0.2) is 46.9 Å². The number of hydrogen-bond donors (Lipinski definition) is 1. The second-order valence-electron chi connectivity index (χ2n) is 3.81. The van der Waals surface area contributed by atoms with Crippen LogP contribution in [-0.2, 0) is 6.54 Å². The van der Waals surface area contributed by atoms with Gasteiger partial charge in [0.15, 0.2) is 0 Å².